The first kappa shape index (κ1) is 61.6. The van der Waals surface area contributed by atoms with Crippen molar-refractivity contribution in [3.63, 3.8) is 0 Å². The number of hydrogen-bond acceptors (Lipinski definition) is 11. The molecule has 75 heavy (non-hydrogen) atoms. The molecule has 1 unspecified atom stereocenters. The van der Waals surface area contributed by atoms with E-state index in [4.69, 9.17) is 26.3 Å². The van der Waals surface area contributed by atoms with Crippen LogP contribution in [0.3, 0.4) is 0 Å². The van der Waals surface area contributed by atoms with E-state index in [1.165, 1.54) is 12.5 Å². The number of carbonyl (C=O) groups is 1. The molecule has 1 atom stereocenters. The van der Waals surface area contributed by atoms with Crippen molar-refractivity contribution in [1.82, 2.24) is 35.4 Å². The van der Waals surface area contributed by atoms with Crippen molar-refractivity contribution in [2.75, 3.05) is 24.1 Å². The Morgan fingerprint density at radius 1 is 0.867 bits per heavy atom. The van der Waals surface area contributed by atoms with E-state index >= 15 is 0 Å². The molecule has 0 amide bonds. The molecule has 0 radical (unpaired) electrons. The van der Waals surface area contributed by atoms with Gasteiger partial charge in [0.25, 0.3) is 5.56 Å². The Balaban J connectivity index is 0.00000202. The number of hydrogen-bond donors (Lipinski definition) is 8. The summed E-state index contributed by atoms with van der Waals surface area (Å²) in [5, 5.41) is 28.7. The summed E-state index contributed by atoms with van der Waals surface area (Å²) < 4.78 is 23.2. The smallest absolute Gasteiger partial charge is 0.450 e. The van der Waals surface area contributed by atoms with Crippen molar-refractivity contribution >= 4 is 41.6 Å². The van der Waals surface area contributed by atoms with Gasteiger partial charge < -0.3 is 57.0 Å². The summed E-state index contributed by atoms with van der Waals surface area (Å²) in [4.78, 5) is 29.5. The van der Waals surface area contributed by atoms with Gasteiger partial charge in [0.2, 0.25) is 0 Å². The number of nitrogens with zero attached hydrogens (tertiary/aromatic N) is 3. The summed E-state index contributed by atoms with van der Waals surface area (Å²) in [7, 11) is 0. The highest BCUT2D eigenvalue weighted by atomic mass is 19.1. The van der Waals surface area contributed by atoms with Gasteiger partial charge in [0.1, 0.15) is 12.4 Å². The topological polar surface area (TPSA) is 199 Å². The fourth-order valence-electron chi connectivity index (χ4n) is 8.38. The van der Waals surface area contributed by atoms with Crippen LogP contribution in [-0.2, 0) is 37.4 Å². The van der Waals surface area contributed by atoms with Crippen molar-refractivity contribution in [3.8, 4) is 11.4 Å². The summed E-state index contributed by atoms with van der Waals surface area (Å²) >= 11 is 0. The van der Waals surface area contributed by atoms with Crippen LogP contribution >= 0.6 is 0 Å². The first-order chi connectivity index (χ1) is 35.9. The first-order valence-electron chi connectivity index (χ1n) is 26.2. The largest absolute Gasteiger partial charge is 0.506 e. The number of carboxylic acid groups (broad SMARTS) is 1. The second-order valence-corrected chi connectivity index (χ2v) is 18.1. The van der Waals surface area contributed by atoms with E-state index in [2.05, 4.69) is 103 Å². The number of unbranched alkanes of at least 4 members (excludes halogenated alkanes) is 2. The number of rotatable bonds is 27. The number of anilines is 2. The molecule has 406 valence electrons. The number of nitrogens with one attached hydrogen (secondary N) is 5. The molecule has 0 aliphatic carbocycles. The van der Waals surface area contributed by atoms with Gasteiger partial charge in [-0.05, 0) is 105 Å². The Hall–Kier alpha value is -7.68. The molecular weight excluding hydrogens is 944 g/mol. The summed E-state index contributed by atoms with van der Waals surface area (Å²) in [6.07, 6.45) is 6.76. The number of nitrogens with two attached hydrogens (primary N) is 2. The van der Waals surface area contributed by atoms with Crippen molar-refractivity contribution in [1.29, 1.82) is 0 Å². The fourth-order valence-corrected chi connectivity index (χ4v) is 8.38. The van der Waals surface area contributed by atoms with Gasteiger partial charge in [0, 0.05) is 75.8 Å². The molecule has 10 N–H and O–H groups in total. The second-order valence-electron chi connectivity index (χ2n) is 18.1. The van der Waals surface area contributed by atoms with Crippen LogP contribution in [-0.4, -0.2) is 44.5 Å². The molecule has 0 spiro atoms. The van der Waals surface area contributed by atoms with E-state index in [0.29, 0.717) is 66.2 Å². The third-order valence-electron chi connectivity index (χ3n) is 12.2. The van der Waals surface area contributed by atoms with Crippen LogP contribution in [0.1, 0.15) is 121 Å². The molecule has 2 aromatic carbocycles. The molecule has 0 saturated heterocycles. The SMILES string of the molecule is C=C(N)NCCCC(NC(=C)CNC(=C)CCCCCn1c(=C)ccc1=C)C(=C)Nc1ccc(CCC(=C)NCc2c3c(nc4cc(F)c(N)cc24)-c2cc(C)c(COC(=O)O)c(=O)n2C3)cc1.CC.CC.CCC. The van der Waals surface area contributed by atoms with Gasteiger partial charge >= 0.3 is 6.16 Å². The van der Waals surface area contributed by atoms with Crippen LogP contribution in [0.15, 0.2) is 121 Å². The van der Waals surface area contributed by atoms with Crippen molar-refractivity contribution in [2.45, 2.75) is 139 Å². The lowest BCUT2D eigenvalue weighted by Gasteiger charge is -2.25. The standard InChI is InChI=1S/C53H65FN10O4.C3H8.2C2H6/c1-32-25-50-51-44(30-64(50)52(65)45(32)31-68-53(66)67)43(42-26-47(56)46(54)27-49(42)62-51)29-59-34(3)15-18-40-19-21-41(22-20-40)61-38(7)48(14-12-23-57-39(8)55)60-35(4)28-58-33(2)13-10-9-11-24-63-36(5)16-17-37(63)6;1-3-2;2*1-2/h16-17,19-22,25-27,48,57-61H,2-15,18,23-24,28-31,55-56H2,1H3,(H,66,67);3H2,1-2H3;2*1-2H3. The van der Waals surface area contributed by atoms with Crippen LogP contribution in [0.25, 0.3) is 35.4 Å². The van der Waals surface area contributed by atoms with E-state index in [-0.39, 0.29) is 36.0 Å². The third-order valence-corrected chi connectivity index (χ3v) is 12.2. The number of fused-ring (bicyclic) bond motifs is 4. The summed E-state index contributed by atoms with van der Waals surface area (Å²) in [6, 6.07) is 16.7. The highest BCUT2D eigenvalue weighted by molar-refractivity contribution is 5.90. The maximum Gasteiger partial charge on any atom is 0.506 e. The number of allylic oxidation sites excluding steroid dienone is 2. The molecule has 14 nitrogen and oxygen atoms in total. The van der Waals surface area contributed by atoms with Crippen molar-refractivity contribution < 1.29 is 19.0 Å². The molecule has 15 heteroatoms. The van der Waals surface area contributed by atoms with Crippen LogP contribution in [0.4, 0.5) is 20.6 Å². The number of halogens is 1. The van der Waals surface area contributed by atoms with E-state index < -0.39 is 12.0 Å². The summed E-state index contributed by atoms with van der Waals surface area (Å²) in [5.74, 6) is -0.161. The van der Waals surface area contributed by atoms with Gasteiger partial charge in [-0.2, -0.15) is 0 Å². The Bertz CT molecular complexity index is 2890. The Labute approximate surface area is 445 Å². The molecule has 4 heterocycles. The van der Waals surface area contributed by atoms with E-state index in [9.17, 15) is 14.0 Å². The lowest BCUT2D eigenvalue weighted by Crippen LogP contribution is -2.36. The lowest BCUT2D eigenvalue weighted by molar-refractivity contribution is 0.0848. The van der Waals surface area contributed by atoms with Crippen LogP contribution in [0, 0.1) is 12.7 Å². The zero-order valence-corrected chi connectivity index (χ0v) is 45.9. The average Bonchev–Trinajstić information content (AvgIpc) is 3.91. The zero-order valence-electron chi connectivity index (χ0n) is 45.9. The number of benzene rings is 2. The predicted octanol–water partition coefficient (Wildman–Crippen LogP) is 10.5. The Morgan fingerprint density at radius 2 is 1.52 bits per heavy atom. The first-order valence-corrected chi connectivity index (χ1v) is 26.2. The highest BCUT2D eigenvalue weighted by Gasteiger charge is 2.28. The number of ether oxygens (including phenoxy) is 1. The molecule has 0 fully saturated rings. The van der Waals surface area contributed by atoms with Crippen molar-refractivity contribution in [3.05, 3.63) is 171 Å². The minimum Gasteiger partial charge on any atom is -0.450 e. The van der Waals surface area contributed by atoms with E-state index in [1.807, 2.05) is 52.0 Å². The fraction of sp³-hybridized carbons (Fsp3) is 0.383. The molecule has 5 aromatic rings. The zero-order chi connectivity index (χ0) is 55.8. The van der Waals surface area contributed by atoms with E-state index in [1.54, 1.807) is 23.6 Å². The number of aromatic nitrogens is 3. The van der Waals surface area contributed by atoms with Gasteiger partial charge in [0.05, 0.1) is 53.1 Å². The highest BCUT2D eigenvalue weighted by Crippen LogP contribution is 2.37. The maximum absolute atomic E-state index is 14.8. The molecule has 1 aliphatic rings. The number of pyridine rings is 2. The monoisotopic (exact) mass is 1030 g/mol. The second kappa shape index (κ2) is 31.1. The molecular formula is C60H85FN10O4. The molecule has 0 saturated carbocycles. The maximum atomic E-state index is 14.8. The number of nitrogen functional groups attached to an aromatic ring is 1. The lowest BCUT2D eigenvalue weighted by atomic mass is 9.99. The Kier molecular flexibility index (Phi) is 25.6. The molecule has 6 rings (SSSR count). The van der Waals surface area contributed by atoms with Crippen LogP contribution in [0.2, 0.25) is 0 Å². The summed E-state index contributed by atoms with van der Waals surface area (Å²) in [5.41, 5.74) is 20.7. The third kappa shape index (κ3) is 18.3. The van der Waals surface area contributed by atoms with Gasteiger partial charge in [-0.15, -0.1) is 0 Å². The van der Waals surface area contributed by atoms with Crippen LogP contribution in [0.5, 0.6) is 0 Å². The number of aryl methyl sites for hydroxylation is 2. The van der Waals surface area contributed by atoms with Gasteiger partial charge in [0.15, 0.2) is 0 Å². The minimum absolute atomic E-state index is 0.0143. The predicted molar refractivity (Wildman–Crippen MR) is 312 cm³/mol. The average molecular weight is 1030 g/mol. The van der Waals surface area contributed by atoms with Gasteiger partial charge in [-0.3, -0.25) is 4.79 Å². The quantitative estimate of drug-likeness (QED) is 0.0138. The van der Waals surface area contributed by atoms with Crippen molar-refractivity contribution in [2.24, 2.45) is 5.73 Å². The van der Waals surface area contributed by atoms with Gasteiger partial charge in [-0.1, -0.05) is 113 Å². The Morgan fingerprint density at radius 3 is 2.16 bits per heavy atom. The molecule has 1 aliphatic heterocycles. The molecule has 3 aromatic heterocycles. The normalized spacial score (nSPS) is 11.1. The van der Waals surface area contributed by atoms with Gasteiger partial charge in [-0.25, -0.2) is 14.2 Å². The van der Waals surface area contributed by atoms with Crippen LogP contribution < -0.4 is 54.3 Å². The minimum atomic E-state index is -1.47. The summed E-state index contributed by atoms with van der Waals surface area (Å²) in [6.45, 7) is 45.4. The van der Waals surface area contributed by atoms with E-state index in [0.717, 1.165) is 101 Å². The molecule has 0 bridgehead atoms.